The van der Waals surface area contributed by atoms with E-state index in [1.165, 1.54) is 0 Å². The number of carbonyl (C=O) groups is 1. The highest BCUT2D eigenvalue weighted by Crippen LogP contribution is 2.31. The van der Waals surface area contributed by atoms with E-state index in [-0.39, 0.29) is 5.82 Å². The highest BCUT2D eigenvalue weighted by Gasteiger charge is 2.20. The van der Waals surface area contributed by atoms with Crippen molar-refractivity contribution < 1.29 is 14.3 Å². The second kappa shape index (κ2) is 10.1. The summed E-state index contributed by atoms with van der Waals surface area (Å²) in [6.45, 7) is 0.365. The van der Waals surface area contributed by atoms with Crippen LogP contribution < -0.4 is 14.8 Å². The second-order valence-electron chi connectivity index (χ2n) is 7.85. The number of methoxy groups -OCH3 is 2. The Morgan fingerprint density at radius 3 is 2.36 bits per heavy atom. The van der Waals surface area contributed by atoms with Crippen molar-refractivity contribution in [1.29, 1.82) is 0 Å². The molecule has 36 heavy (non-hydrogen) atoms. The van der Waals surface area contributed by atoms with Crippen molar-refractivity contribution in [3.8, 4) is 28.6 Å². The quantitative estimate of drug-likeness (QED) is 0.353. The molecule has 0 atom stereocenters. The number of carbonyl (C=O) groups excluding carboxylic acids is 1. The first-order valence-corrected chi connectivity index (χ1v) is 11.3. The number of aromatic nitrogens is 5. The second-order valence-corrected chi connectivity index (χ2v) is 7.85. The molecule has 9 heteroatoms. The maximum atomic E-state index is 13.2. The van der Waals surface area contributed by atoms with Gasteiger partial charge in [0, 0.05) is 17.2 Å². The predicted molar refractivity (Wildman–Crippen MR) is 136 cm³/mol. The summed E-state index contributed by atoms with van der Waals surface area (Å²) >= 11 is 0. The van der Waals surface area contributed by atoms with E-state index in [1.54, 1.807) is 35.8 Å². The molecule has 0 saturated carbocycles. The fourth-order valence-corrected chi connectivity index (χ4v) is 3.91. The van der Waals surface area contributed by atoms with E-state index in [0.717, 1.165) is 16.8 Å². The van der Waals surface area contributed by atoms with E-state index in [0.29, 0.717) is 29.7 Å². The van der Waals surface area contributed by atoms with Gasteiger partial charge in [-0.25, -0.2) is 14.3 Å². The van der Waals surface area contributed by atoms with Gasteiger partial charge >= 0.3 is 0 Å². The van der Waals surface area contributed by atoms with Gasteiger partial charge < -0.3 is 14.8 Å². The van der Waals surface area contributed by atoms with Gasteiger partial charge in [0.25, 0.3) is 5.91 Å². The zero-order chi connectivity index (χ0) is 24.9. The van der Waals surface area contributed by atoms with E-state index < -0.39 is 5.91 Å². The summed E-state index contributed by atoms with van der Waals surface area (Å²) in [4.78, 5) is 17.8. The highest BCUT2D eigenvalue weighted by molar-refractivity contribution is 6.01. The van der Waals surface area contributed by atoms with Crippen LogP contribution >= 0.6 is 0 Å². The van der Waals surface area contributed by atoms with Gasteiger partial charge in [-0.3, -0.25) is 4.79 Å². The van der Waals surface area contributed by atoms with Crippen LogP contribution in [0.5, 0.6) is 11.5 Å². The van der Waals surface area contributed by atoms with Crippen molar-refractivity contribution in [2.45, 2.75) is 6.54 Å². The Kier molecular flexibility index (Phi) is 6.44. The van der Waals surface area contributed by atoms with Crippen LogP contribution in [0.1, 0.15) is 16.2 Å². The molecule has 0 fully saturated rings. The van der Waals surface area contributed by atoms with Gasteiger partial charge in [-0.2, -0.15) is 5.10 Å². The Morgan fingerprint density at radius 1 is 0.889 bits per heavy atom. The first-order valence-electron chi connectivity index (χ1n) is 11.3. The first kappa shape index (κ1) is 22.9. The van der Waals surface area contributed by atoms with Crippen LogP contribution in [-0.4, -0.2) is 44.7 Å². The number of benzene rings is 3. The molecule has 2 aromatic heterocycles. The predicted octanol–water partition coefficient (Wildman–Crippen LogP) is 4.45. The molecule has 9 nitrogen and oxygen atoms in total. The molecule has 0 bridgehead atoms. The molecule has 5 aromatic rings. The molecule has 0 aliphatic rings. The van der Waals surface area contributed by atoms with Gasteiger partial charge in [-0.05, 0) is 18.2 Å². The van der Waals surface area contributed by atoms with Gasteiger partial charge in [-0.1, -0.05) is 60.7 Å². The number of ether oxygens (including phenoxy) is 2. The van der Waals surface area contributed by atoms with Crippen molar-refractivity contribution >= 4 is 11.7 Å². The normalized spacial score (nSPS) is 10.7. The van der Waals surface area contributed by atoms with E-state index >= 15 is 0 Å². The number of amides is 1. The molecule has 0 saturated heterocycles. The van der Waals surface area contributed by atoms with Crippen molar-refractivity contribution in [1.82, 2.24) is 24.5 Å². The maximum Gasteiger partial charge on any atom is 0.296 e. The molecule has 3 aromatic carbocycles. The minimum atomic E-state index is -0.443. The summed E-state index contributed by atoms with van der Waals surface area (Å²) in [5, 5.41) is 11.8. The molecule has 2 heterocycles. The van der Waals surface area contributed by atoms with Crippen molar-refractivity contribution in [3.05, 3.63) is 103 Å². The van der Waals surface area contributed by atoms with Crippen LogP contribution in [0.15, 0.2) is 91.1 Å². The Labute approximate surface area is 207 Å². The van der Waals surface area contributed by atoms with E-state index in [2.05, 4.69) is 20.5 Å². The number of nitrogens with one attached hydrogen (secondary N) is 1. The summed E-state index contributed by atoms with van der Waals surface area (Å²) in [6.07, 6.45) is 1.62. The molecule has 180 valence electrons. The smallest absolute Gasteiger partial charge is 0.296 e. The van der Waals surface area contributed by atoms with Crippen molar-refractivity contribution in [2.75, 3.05) is 19.5 Å². The lowest BCUT2D eigenvalue weighted by Gasteiger charge is -2.14. The Balaban J connectivity index is 1.44. The SMILES string of the molecule is COc1cccc(Cn2nccc2NC(=O)c2nc(-c3ccccc3)n(-c3ccccc3)n2)c1OC. The Hall–Kier alpha value is -4.92. The zero-order valence-electron chi connectivity index (χ0n) is 19.8. The fourth-order valence-electron chi connectivity index (χ4n) is 3.91. The molecule has 0 aliphatic carbocycles. The summed E-state index contributed by atoms with van der Waals surface area (Å²) in [7, 11) is 3.18. The van der Waals surface area contributed by atoms with Crippen LogP contribution in [0.25, 0.3) is 17.1 Å². The number of anilines is 1. The van der Waals surface area contributed by atoms with Crippen LogP contribution in [0.2, 0.25) is 0 Å². The first-order chi connectivity index (χ1) is 17.7. The Bertz CT molecular complexity index is 1420. The molecule has 1 N–H and O–H groups in total. The number of hydrogen-bond acceptors (Lipinski definition) is 6. The Morgan fingerprint density at radius 2 is 1.64 bits per heavy atom. The highest BCUT2D eigenvalue weighted by atomic mass is 16.5. The third-order valence-electron chi connectivity index (χ3n) is 5.61. The summed E-state index contributed by atoms with van der Waals surface area (Å²) in [5.74, 6) is 1.91. The van der Waals surface area contributed by atoms with E-state index in [1.807, 2.05) is 78.9 Å². The van der Waals surface area contributed by atoms with Gasteiger partial charge in [0.05, 0.1) is 32.6 Å². The van der Waals surface area contributed by atoms with Gasteiger partial charge in [0.2, 0.25) is 5.82 Å². The van der Waals surface area contributed by atoms with Crippen molar-refractivity contribution in [2.24, 2.45) is 0 Å². The third kappa shape index (κ3) is 4.54. The fraction of sp³-hybridized carbons (Fsp3) is 0.111. The average Bonchev–Trinajstić information content (AvgIpc) is 3.57. The molecule has 0 aliphatic heterocycles. The largest absolute Gasteiger partial charge is 0.493 e. The lowest BCUT2D eigenvalue weighted by Crippen LogP contribution is -2.18. The van der Waals surface area contributed by atoms with Crippen LogP contribution in [-0.2, 0) is 6.54 Å². The average molecular weight is 481 g/mol. The summed E-state index contributed by atoms with van der Waals surface area (Å²) in [5.41, 5.74) is 2.51. The minimum Gasteiger partial charge on any atom is -0.493 e. The lowest BCUT2D eigenvalue weighted by molar-refractivity contribution is 0.101. The molecule has 5 rings (SSSR count). The monoisotopic (exact) mass is 480 g/mol. The van der Waals surface area contributed by atoms with Crippen LogP contribution in [0.4, 0.5) is 5.82 Å². The minimum absolute atomic E-state index is 0.0458. The topological polar surface area (TPSA) is 96.1 Å². The van der Waals surface area contributed by atoms with Gasteiger partial charge in [0.15, 0.2) is 17.3 Å². The lowest BCUT2D eigenvalue weighted by atomic mass is 10.2. The molecule has 1 amide bonds. The standard InChI is InChI=1S/C27H24N6O3/c1-35-22-15-9-12-20(24(22)36-2)18-32-23(16-17-28-32)29-27(34)25-30-26(19-10-5-3-6-11-19)33(31-25)21-13-7-4-8-14-21/h3-17H,18H2,1-2H3,(H,29,34). The summed E-state index contributed by atoms with van der Waals surface area (Å²) in [6, 6.07) is 26.6. The van der Waals surface area contributed by atoms with Gasteiger partial charge in [0.1, 0.15) is 5.82 Å². The van der Waals surface area contributed by atoms with E-state index in [9.17, 15) is 4.79 Å². The molecule has 0 radical (unpaired) electrons. The molecule has 0 spiro atoms. The number of rotatable bonds is 8. The number of nitrogens with zero attached hydrogens (tertiary/aromatic N) is 5. The summed E-state index contributed by atoms with van der Waals surface area (Å²) < 4.78 is 14.3. The molecular weight excluding hydrogens is 456 g/mol. The zero-order valence-corrected chi connectivity index (χ0v) is 19.8. The van der Waals surface area contributed by atoms with Gasteiger partial charge in [-0.15, -0.1) is 5.10 Å². The molecular formula is C27H24N6O3. The van der Waals surface area contributed by atoms with Crippen LogP contribution in [0, 0.1) is 0 Å². The van der Waals surface area contributed by atoms with Crippen LogP contribution in [0.3, 0.4) is 0 Å². The van der Waals surface area contributed by atoms with E-state index in [4.69, 9.17) is 9.47 Å². The molecule has 0 unspecified atom stereocenters. The third-order valence-corrected chi connectivity index (χ3v) is 5.61. The number of para-hydroxylation sites is 2. The number of hydrogen-bond donors (Lipinski definition) is 1. The van der Waals surface area contributed by atoms with Crippen molar-refractivity contribution in [3.63, 3.8) is 0 Å². The maximum absolute atomic E-state index is 13.2.